The molecular formula is C27H26F3N3O3. The number of hydrogen-bond acceptors (Lipinski definition) is 5. The molecular weight excluding hydrogens is 471 g/mol. The Morgan fingerprint density at radius 2 is 1.89 bits per heavy atom. The lowest BCUT2D eigenvalue weighted by Gasteiger charge is -2.22. The lowest BCUT2D eigenvalue weighted by molar-refractivity contribution is -0.146. The van der Waals surface area contributed by atoms with Crippen molar-refractivity contribution in [2.45, 2.75) is 50.0 Å². The molecule has 0 unspecified atom stereocenters. The van der Waals surface area contributed by atoms with Crippen LogP contribution in [0.5, 0.6) is 0 Å². The molecule has 2 atom stereocenters. The van der Waals surface area contributed by atoms with Crippen LogP contribution in [-0.4, -0.2) is 47.5 Å². The molecule has 1 saturated heterocycles. The van der Waals surface area contributed by atoms with Gasteiger partial charge in [-0.2, -0.15) is 13.2 Å². The molecule has 3 aromatic rings. The van der Waals surface area contributed by atoms with Gasteiger partial charge in [0.15, 0.2) is 0 Å². The number of amides is 1. The Morgan fingerprint density at radius 1 is 1.11 bits per heavy atom. The van der Waals surface area contributed by atoms with Crippen molar-refractivity contribution in [1.29, 1.82) is 0 Å². The highest BCUT2D eigenvalue weighted by molar-refractivity contribution is 6.06. The fourth-order valence-corrected chi connectivity index (χ4v) is 4.88. The number of halogens is 3. The summed E-state index contributed by atoms with van der Waals surface area (Å²) in [5, 5.41) is 3.79. The van der Waals surface area contributed by atoms with E-state index in [1.54, 1.807) is 11.0 Å². The molecule has 9 heteroatoms. The number of ether oxygens (including phenoxy) is 1. The third-order valence-electron chi connectivity index (χ3n) is 6.83. The molecule has 2 aromatic carbocycles. The van der Waals surface area contributed by atoms with E-state index < -0.39 is 23.8 Å². The van der Waals surface area contributed by atoms with Gasteiger partial charge in [-0.15, -0.1) is 0 Å². The van der Waals surface area contributed by atoms with Crippen molar-refractivity contribution in [2.75, 3.05) is 13.7 Å². The van der Waals surface area contributed by atoms with E-state index in [1.165, 1.54) is 13.2 Å². The Hall–Kier alpha value is -3.46. The molecule has 188 valence electrons. The monoisotopic (exact) mass is 497 g/mol. The number of benzene rings is 2. The van der Waals surface area contributed by atoms with Gasteiger partial charge in [0.1, 0.15) is 6.04 Å². The summed E-state index contributed by atoms with van der Waals surface area (Å²) in [4.78, 5) is 32.3. The molecule has 2 heterocycles. The van der Waals surface area contributed by atoms with Crippen LogP contribution in [0, 0.1) is 0 Å². The van der Waals surface area contributed by atoms with Gasteiger partial charge in [0.05, 0.1) is 23.8 Å². The maximum absolute atomic E-state index is 13.4. The van der Waals surface area contributed by atoms with Gasteiger partial charge in [-0.25, -0.2) is 0 Å². The average Bonchev–Trinajstić information content (AvgIpc) is 3.64. The van der Waals surface area contributed by atoms with Crippen LogP contribution in [-0.2, 0) is 22.3 Å². The maximum Gasteiger partial charge on any atom is 0.416 e. The minimum Gasteiger partial charge on any atom is -0.468 e. The summed E-state index contributed by atoms with van der Waals surface area (Å²) < 4.78 is 44.4. The Bertz CT molecular complexity index is 1310. The number of alkyl halides is 3. The number of esters is 1. The number of pyridine rings is 1. The first-order chi connectivity index (χ1) is 17.2. The smallest absolute Gasteiger partial charge is 0.416 e. The molecule has 1 aliphatic heterocycles. The Kier molecular flexibility index (Phi) is 6.42. The molecule has 2 fully saturated rings. The van der Waals surface area contributed by atoms with Crippen molar-refractivity contribution >= 4 is 22.8 Å². The molecule has 0 radical (unpaired) electrons. The zero-order valence-corrected chi connectivity index (χ0v) is 19.7. The van der Waals surface area contributed by atoms with Crippen LogP contribution in [0.2, 0.25) is 0 Å². The van der Waals surface area contributed by atoms with E-state index in [4.69, 9.17) is 9.72 Å². The quantitative estimate of drug-likeness (QED) is 0.501. The van der Waals surface area contributed by atoms with Crippen molar-refractivity contribution < 1.29 is 27.5 Å². The molecule has 36 heavy (non-hydrogen) atoms. The molecule has 6 nitrogen and oxygen atoms in total. The number of hydrogen-bond donors (Lipinski definition) is 1. The van der Waals surface area contributed by atoms with Crippen molar-refractivity contribution in [3.63, 3.8) is 0 Å². The minimum atomic E-state index is -4.45. The number of carbonyl (C=O) groups excluding carboxylic acids is 2. The molecule has 1 aliphatic carbocycles. The summed E-state index contributed by atoms with van der Waals surface area (Å²) in [6.07, 6.45) is -2.04. The number of aromatic nitrogens is 1. The van der Waals surface area contributed by atoms with Gasteiger partial charge in [0.2, 0.25) is 0 Å². The first kappa shape index (κ1) is 24.2. The number of carbonyl (C=O) groups is 2. The number of methoxy groups -OCH3 is 1. The number of nitrogens with zero attached hydrogens (tertiary/aromatic N) is 2. The van der Waals surface area contributed by atoms with E-state index in [9.17, 15) is 22.8 Å². The highest BCUT2D eigenvalue weighted by atomic mass is 19.4. The largest absolute Gasteiger partial charge is 0.468 e. The molecule has 0 bridgehead atoms. The molecule has 1 aromatic heterocycles. The zero-order valence-electron chi connectivity index (χ0n) is 19.7. The zero-order chi connectivity index (χ0) is 25.4. The van der Waals surface area contributed by atoms with Crippen molar-refractivity contribution in [2.24, 2.45) is 0 Å². The minimum absolute atomic E-state index is 0.125. The fourth-order valence-electron chi connectivity index (χ4n) is 4.88. The highest BCUT2D eigenvalue weighted by Gasteiger charge is 2.39. The maximum atomic E-state index is 13.4. The van der Waals surface area contributed by atoms with Gasteiger partial charge in [-0.3, -0.25) is 19.5 Å². The van der Waals surface area contributed by atoms with Crippen LogP contribution in [0.1, 0.15) is 52.4 Å². The molecule has 1 saturated carbocycles. The van der Waals surface area contributed by atoms with Crippen LogP contribution in [0.25, 0.3) is 10.9 Å². The van der Waals surface area contributed by atoms with Gasteiger partial charge < -0.3 is 10.1 Å². The molecule has 1 amide bonds. The van der Waals surface area contributed by atoms with Crippen molar-refractivity contribution in [3.05, 3.63) is 77.0 Å². The standard InChI is InChI=1S/C27H26F3N3O3/c1-36-26(35)24-12-19(15-33(24)14-16-5-4-6-18(11-16)27(28,29)30)31-25(34)21-13-23(17-9-10-17)32-22-8-3-2-7-20(21)22/h2-8,11,13,17,19,24H,9-10,12,14-15H2,1H3,(H,31,34)/t19-,24+/m1/s1. The van der Waals surface area contributed by atoms with E-state index in [-0.39, 0.29) is 18.5 Å². The normalized spacial score (nSPS) is 20.4. The Labute approximate surface area is 206 Å². The van der Waals surface area contributed by atoms with E-state index in [0.717, 1.165) is 41.6 Å². The third kappa shape index (κ3) is 5.06. The van der Waals surface area contributed by atoms with E-state index in [0.29, 0.717) is 30.0 Å². The van der Waals surface area contributed by atoms with Crippen LogP contribution < -0.4 is 5.32 Å². The van der Waals surface area contributed by atoms with Gasteiger partial charge in [-0.05, 0) is 43.0 Å². The molecule has 5 rings (SSSR count). The predicted octanol–water partition coefficient (Wildman–Crippen LogP) is 4.68. The summed E-state index contributed by atoms with van der Waals surface area (Å²) in [5.74, 6) is -0.367. The van der Waals surface area contributed by atoms with Gasteiger partial charge >= 0.3 is 12.1 Å². The SMILES string of the molecule is COC(=O)[C@@H]1C[C@@H](NC(=O)c2cc(C3CC3)nc3ccccc23)CN1Cc1cccc(C(F)(F)F)c1. The number of nitrogens with one attached hydrogen (secondary N) is 1. The lowest BCUT2D eigenvalue weighted by atomic mass is 10.0. The van der Waals surface area contributed by atoms with Gasteiger partial charge in [0.25, 0.3) is 5.91 Å². The molecule has 0 spiro atoms. The van der Waals surface area contributed by atoms with Gasteiger partial charge in [-0.1, -0.05) is 36.4 Å². The van der Waals surface area contributed by atoms with Crippen LogP contribution >= 0.6 is 0 Å². The predicted molar refractivity (Wildman–Crippen MR) is 127 cm³/mol. The van der Waals surface area contributed by atoms with E-state index in [2.05, 4.69) is 5.32 Å². The van der Waals surface area contributed by atoms with E-state index in [1.807, 2.05) is 30.3 Å². The van der Waals surface area contributed by atoms with Gasteiger partial charge in [0, 0.05) is 36.1 Å². The Balaban J connectivity index is 1.36. The topological polar surface area (TPSA) is 71.5 Å². The second-order valence-corrected chi connectivity index (χ2v) is 9.46. The first-order valence-corrected chi connectivity index (χ1v) is 11.9. The number of likely N-dealkylation sites (tertiary alicyclic amines) is 1. The summed E-state index contributed by atoms with van der Waals surface area (Å²) >= 11 is 0. The summed E-state index contributed by atoms with van der Waals surface area (Å²) in [6, 6.07) is 13.3. The molecule has 1 N–H and O–H groups in total. The second kappa shape index (κ2) is 9.54. The second-order valence-electron chi connectivity index (χ2n) is 9.46. The van der Waals surface area contributed by atoms with Crippen molar-refractivity contribution in [3.8, 4) is 0 Å². The fraction of sp³-hybridized carbons (Fsp3) is 0.370. The Morgan fingerprint density at radius 3 is 2.61 bits per heavy atom. The van der Waals surface area contributed by atoms with E-state index >= 15 is 0 Å². The molecule has 2 aliphatic rings. The van der Waals surface area contributed by atoms with Crippen molar-refractivity contribution in [1.82, 2.24) is 15.2 Å². The van der Waals surface area contributed by atoms with Crippen LogP contribution in [0.4, 0.5) is 13.2 Å². The number of rotatable bonds is 6. The first-order valence-electron chi connectivity index (χ1n) is 11.9. The third-order valence-corrected chi connectivity index (χ3v) is 6.83. The summed E-state index contributed by atoms with van der Waals surface area (Å²) in [6.45, 7) is 0.431. The average molecular weight is 498 g/mol. The van der Waals surface area contributed by atoms with Crippen LogP contribution in [0.3, 0.4) is 0 Å². The number of para-hydroxylation sites is 1. The summed E-state index contributed by atoms with van der Waals surface area (Å²) in [7, 11) is 1.28. The lowest BCUT2D eigenvalue weighted by Crippen LogP contribution is -2.38. The highest BCUT2D eigenvalue weighted by Crippen LogP contribution is 2.40. The summed E-state index contributed by atoms with van der Waals surface area (Å²) in [5.41, 5.74) is 1.89. The van der Waals surface area contributed by atoms with Crippen LogP contribution in [0.15, 0.2) is 54.6 Å². The number of fused-ring (bicyclic) bond motifs is 1.